The molecule has 0 N–H and O–H groups in total. The fourth-order valence-corrected chi connectivity index (χ4v) is 5.30. The summed E-state index contributed by atoms with van der Waals surface area (Å²) in [5.74, 6) is 0.727. The smallest absolute Gasteiger partial charge is 0.331 e. The maximum absolute atomic E-state index is 13.7. The second-order valence-electron chi connectivity index (χ2n) is 9.14. The maximum atomic E-state index is 13.7. The molecule has 1 aliphatic rings. The van der Waals surface area contributed by atoms with Crippen molar-refractivity contribution in [2.24, 2.45) is 14.1 Å². The molecule has 1 unspecified atom stereocenters. The lowest BCUT2D eigenvalue weighted by Crippen LogP contribution is -2.37. The van der Waals surface area contributed by atoms with Crippen molar-refractivity contribution in [3.63, 3.8) is 0 Å². The first-order chi connectivity index (χ1) is 16.9. The summed E-state index contributed by atoms with van der Waals surface area (Å²) < 4.78 is 11.5. The first kappa shape index (κ1) is 21.2. The number of ether oxygens (including phenoxy) is 1. The van der Waals surface area contributed by atoms with Crippen LogP contribution in [0.2, 0.25) is 0 Å². The molecule has 6 heteroatoms. The number of nitrogens with zero attached hydrogens (tertiary/aromatic N) is 3. The highest BCUT2D eigenvalue weighted by Crippen LogP contribution is 2.47. The molecule has 0 fully saturated rings. The number of aryl methyl sites for hydroxylation is 3. The molecule has 174 valence electrons. The summed E-state index contributed by atoms with van der Waals surface area (Å²) in [5.41, 5.74) is 6.37. The second kappa shape index (κ2) is 7.60. The van der Waals surface area contributed by atoms with Crippen molar-refractivity contribution >= 4 is 10.9 Å². The van der Waals surface area contributed by atoms with Gasteiger partial charge in [0.25, 0.3) is 5.56 Å². The number of hydrogen-bond acceptors (Lipinski definition) is 3. The number of fused-ring (bicyclic) bond motifs is 5. The van der Waals surface area contributed by atoms with E-state index in [9.17, 15) is 9.59 Å². The van der Waals surface area contributed by atoms with Crippen LogP contribution < -0.4 is 16.0 Å². The molecule has 1 aliphatic heterocycles. The molecule has 3 aromatic carbocycles. The van der Waals surface area contributed by atoms with Gasteiger partial charge in [0.2, 0.25) is 0 Å². The van der Waals surface area contributed by atoms with E-state index < -0.39 is 6.10 Å². The quantitative estimate of drug-likeness (QED) is 0.378. The summed E-state index contributed by atoms with van der Waals surface area (Å²) in [7, 11) is 3.26. The van der Waals surface area contributed by atoms with Crippen LogP contribution >= 0.6 is 0 Å². The topological polar surface area (TPSA) is 58.2 Å². The lowest BCUT2D eigenvalue weighted by atomic mass is 9.99. The zero-order chi connectivity index (χ0) is 24.4. The van der Waals surface area contributed by atoms with Crippen LogP contribution in [0.5, 0.6) is 5.75 Å². The molecule has 35 heavy (non-hydrogen) atoms. The predicted octanol–water partition coefficient (Wildman–Crippen LogP) is 4.79. The Morgan fingerprint density at radius 2 is 1.43 bits per heavy atom. The highest BCUT2D eigenvalue weighted by Gasteiger charge is 2.36. The Labute approximate surface area is 202 Å². The van der Waals surface area contributed by atoms with E-state index in [1.165, 1.54) is 11.6 Å². The minimum atomic E-state index is -0.496. The highest BCUT2D eigenvalue weighted by atomic mass is 16.5. The van der Waals surface area contributed by atoms with E-state index >= 15 is 0 Å². The molecule has 0 amide bonds. The van der Waals surface area contributed by atoms with Gasteiger partial charge in [-0.3, -0.25) is 13.9 Å². The Bertz CT molecular complexity index is 1770. The summed E-state index contributed by atoms with van der Waals surface area (Å²) in [6.45, 7) is 4.09. The fourth-order valence-electron chi connectivity index (χ4n) is 5.30. The van der Waals surface area contributed by atoms with Gasteiger partial charge in [-0.2, -0.15) is 0 Å². The molecular weight excluding hydrogens is 438 g/mol. The Hall–Kier alpha value is -4.32. The largest absolute Gasteiger partial charge is 0.477 e. The third kappa shape index (κ3) is 2.89. The average molecular weight is 464 g/mol. The molecule has 0 aliphatic carbocycles. The van der Waals surface area contributed by atoms with Gasteiger partial charge in [-0.25, -0.2) is 4.79 Å². The van der Waals surface area contributed by atoms with Crippen LogP contribution in [-0.2, 0) is 14.1 Å². The van der Waals surface area contributed by atoms with E-state index in [2.05, 4.69) is 17.6 Å². The molecule has 2 aromatic heterocycles. The van der Waals surface area contributed by atoms with Crippen LogP contribution in [0.3, 0.4) is 0 Å². The van der Waals surface area contributed by atoms with Crippen LogP contribution in [0.1, 0.15) is 28.5 Å². The summed E-state index contributed by atoms with van der Waals surface area (Å²) in [4.78, 5) is 26.9. The maximum Gasteiger partial charge on any atom is 0.331 e. The molecule has 0 saturated carbocycles. The fraction of sp³-hybridized carbons (Fsp3) is 0.172. The van der Waals surface area contributed by atoms with E-state index in [4.69, 9.17) is 4.74 Å². The number of hydrogen-bond donors (Lipinski definition) is 0. The normalized spacial score (nSPS) is 14.5. The summed E-state index contributed by atoms with van der Waals surface area (Å²) in [6, 6.07) is 24.0. The third-order valence-electron chi connectivity index (χ3n) is 7.08. The van der Waals surface area contributed by atoms with Crippen molar-refractivity contribution in [3.8, 4) is 22.7 Å². The minimum absolute atomic E-state index is 0.315. The Morgan fingerprint density at radius 3 is 2.17 bits per heavy atom. The van der Waals surface area contributed by atoms with Crippen LogP contribution in [0, 0.1) is 13.8 Å². The van der Waals surface area contributed by atoms with Gasteiger partial charge in [-0.1, -0.05) is 60.7 Å². The van der Waals surface area contributed by atoms with Crippen LogP contribution in [0.25, 0.3) is 27.8 Å². The molecular formula is C29H25N3O3. The highest BCUT2D eigenvalue weighted by molar-refractivity contribution is 5.98. The zero-order valence-corrected chi connectivity index (χ0v) is 20.1. The molecule has 6 rings (SSSR count). The van der Waals surface area contributed by atoms with E-state index in [1.807, 2.05) is 73.7 Å². The monoisotopic (exact) mass is 463 g/mol. The SMILES string of the molecule is Cc1ccccc1-c1c2c(=O)n(C)c(=O)n(C)c2c2n1-c1ccccc1OC2c1ccccc1C. The summed E-state index contributed by atoms with van der Waals surface area (Å²) >= 11 is 0. The number of rotatable bonds is 2. The number of aromatic nitrogens is 3. The lowest BCUT2D eigenvalue weighted by Gasteiger charge is -2.31. The summed E-state index contributed by atoms with van der Waals surface area (Å²) in [5, 5.41) is 0.512. The molecule has 0 saturated heterocycles. The van der Waals surface area contributed by atoms with Crippen molar-refractivity contribution in [1.29, 1.82) is 0 Å². The molecule has 6 nitrogen and oxygen atoms in total. The van der Waals surface area contributed by atoms with Crippen LogP contribution in [-0.4, -0.2) is 13.7 Å². The predicted molar refractivity (Wildman–Crippen MR) is 138 cm³/mol. The van der Waals surface area contributed by atoms with E-state index in [0.717, 1.165) is 45.1 Å². The zero-order valence-electron chi connectivity index (χ0n) is 20.1. The Morgan fingerprint density at radius 1 is 0.771 bits per heavy atom. The first-order valence-electron chi connectivity index (χ1n) is 11.6. The minimum Gasteiger partial charge on any atom is -0.477 e. The lowest BCUT2D eigenvalue weighted by molar-refractivity contribution is 0.228. The van der Waals surface area contributed by atoms with Gasteiger partial charge in [0.15, 0.2) is 6.10 Å². The second-order valence-corrected chi connectivity index (χ2v) is 9.14. The molecule has 0 radical (unpaired) electrons. The number of para-hydroxylation sites is 2. The number of benzene rings is 3. The van der Waals surface area contributed by atoms with Gasteiger partial charge in [0.05, 0.1) is 28.0 Å². The van der Waals surface area contributed by atoms with E-state index in [-0.39, 0.29) is 11.2 Å². The summed E-state index contributed by atoms with van der Waals surface area (Å²) in [6.07, 6.45) is -0.496. The van der Waals surface area contributed by atoms with Crippen LogP contribution in [0.4, 0.5) is 0 Å². The Kier molecular flexibility index (Phi) is 4.61. The Balaban J connectivity index is 1.90. The van der Waals surface area contributed by atoms with Gasteiger partial charge in [-0.05, 0) is 37.1 Å². The van der Waals surface area contributed by atoms with Crippen molar-refractivity contribution in [2.75, 3.05) is 0 Å². The standard InChI is InChI=1S/C29H25N3O3/c1-17-11-5-7-13-19(17)24-23-25(30(3)29(34)31(4)28(23)33)26-27(20-14-8-6-12-18(20)2)35-22-16-10-9-15-21(22)32(24)26/h5-16,27H,1-4H3. The molecule has 5 aromatic rings. The van der Waals surface area contributed by atoms with Crippen LogP contribution in [0.15, 0.2) is 82.4 Å². The van der Waals surface area contributed by atoms with Gasteiger partial charge in [0.1, 0.15) is 5.75 Å². The van der Waals surface area contributed by atoms with E-state index in [0.29, 0.717) is 10.9 Å². The average Bonchev–Trinajstić information content (AvgIpc) is 3.23. The van der Waals surface area contributed by atoms with Gasteiger partial charge in [0, 0.05) is 25.2 Å². The third-order valence-corrected chi connectivity index (χ3v) is 7.08. The molecule has 1 atom stereocenters. The van der Waals surface area contributed by atoms with Crippen molar-refractivity contribution in [1.82, 2.24) is 13.7 Å². The molecule has 0 bridgehead atoms. The van der Waals surface area contributed by atoms with Gasteiger partial charge < -0.3 is 9.30 Å². The van der Waals surface area contributed by atoms with E-state index in [1.54, 1.807) is 11.6 Å². The van der Waals surface area contributed by atoms with Crippen molar-refractivity contribution in [2.45, 2.75) is 20.0 Å². The first-order valence-corrected chi connectivity index (χ1v) is 11.6. The van der Waals surface area contributed by atoms with Crippen molar-refractivity contribution in [3.05, 3.63) is 116 Å². The molecule has 3 heterocycles. The van der Waals surface area contributed by atoms with Gasteiger partial charge >= 0.3 is 5.69 Å². The van der Waals surface area contributed by atoms with Crippen molar-refractivity contribution < 1.29 is 4.74 Å². The van der Waals surface area contributed by atoms with Gasteiger partial charge in [-0.15, -0.1) is 0 Å². The molecule has 0 spiro atoms.